The number of hydrogen-bond acceptors (Lipinski definition) is 6. The minimum atomic E-state index is -1.13. The summed E-state index contributed by atoms with van der Waals surface area (Å²) in [6.07, 6.45) is 2.96. The number of aliphatic carboxylic acids is 1. The van der Waals surface area contributed by atoms with Gasteiger partial charge in [0.1, 0.15) is 28.6 Å². The van der Waals surface area contributed by atoms with Crippen LogP contribution in [0.5, 0.6) is 11.5 Å². The molecule has 0 fully saturated rings. The van der Waals surface area contributed by atoms with Gasteiger partial charge in [0.2, 0.25) is 0 Å². The molecule has 2 aromatic carbocycles. The van der Waals surface area contributed by atoms with E-state index in [1.54, 1.807) is 54.3 Å². The molecule has 4 rings (SSSR count). The fourth-order valence-electron chi connectivity index (χ4n) is 3.32. The Morgan fingerprint density at radius 3 is 2.52 bits per heavy atom. The van der Waals surface area contributed by atoms with Crippen LogP contribution in [0, 0.1) is 0 Å². The topological polar surface area (TPSA) is 115 Å². The molecule has 0 aliphatic carbocycles. The van der Waals surface area contributed by atoms with Crippen LogP contribution >= 0.6 is 0 Å². The number of amides is 1. The number of carbonyl (C=O) groups excluding carboxylic acids is 1. The van der Waals surface area contributed by atoms with Gasteiger partial charge in [-0.25, -0.2) is 9.48 Å². The molecule has 3 aromatic rings. The van der Waals surface area contributed by atoms with E-state index in [1.165, 1.54) is 13.3 Å². The number of anilines is 2. The molecule has 1 aromatic heterocycles. The van der Waals surface area contributed by atoms with E-state index in [2.05, 4.69) is 15.7 Å². The Morgan fingerprint density at radius 1 is 1.10 bits per heavy atom. The van der Waals surface area contributed by atoms with Crippen molar-refractivity contribution >= 4 is 23.4 Å². The van der Waals surface area contributed by atoms with E-state index in [9.17, 15) is 14.7 Å². The third-order valence-electron chi connectivity index (χ3n) is 4.90. The minimum Gasteiger partial charge on any atom is -0.497 e. The first-order valence-corrected chi connectivity index (χ1v) is 9.39. The molecule has 1 amide bonds. The second kappa shape index (κ2) is 8.23. The summed E-state index contributed by atoms with van der Waals surface area (Å²) in [5.41, 5.74) is 1.52. The summed E-state index contributed by atoms with van der Waals surface area (Å²) in [6, 6.07) is 13.6. The Balaban J connectivity index is 1.69. The van der Waals surface area contributed by atoms with Gasteiger partial charge in [0.15, 0.2) is 0 Å². The van der Waals surface area contributed by atoms with Crippen LogP contribution in [-0.2, 0) is 4.79 Å². The predicted molar refractivity (Wildman–Crippen MR) is 114 cm³/mol. The highest BCUT2D eigenvalue weighted by atomic mass is 16.5. The van der Waals surface area contributed by atoms with Gasteiger partial charge in [-0.15, -0.1) is 0 Å². The van der Waals surface area contributed by atoms with Crippen LogP contribution in [0.3, 0.4) is 0 Å². The van der Waals surface area contributed by atoms with E-state index >= 15 is 0 Å². The molecule has 1 unspecified atom stereocenters. The highest BCUT2D eigenvalue weighted by Gasteiger charge is 2.29. The standard InChI is InChI=1S/C22H20N4O5/c1-30-15-8-6-13(7-9-15)19-11-18(22(28)29)25-20-17(12-23-26(19)20)21(27)24-14-4-3-5-16(10-14)31-2/h3-12,19,25H,1-2H3,(H,24,27)(H,28,29). The predicted octanol–water partition coefficient (Wildman–Crippen LogP) is 3.14. The molecule has 0 spiro atoms. The van der Waals surface area contributed by atoms with Crippen LogP contribution in [0.4, 0.5) is 11.5 Å². The lowest BCUT2D eigenvalue weighted by Gasteiger charge is -2.24. The number of carboxylic acid groups (broad SMARTS) is 1. The van der Waals surface area contributed by atoms with Crippen molar-refractivity contribution in [1.82, 2.24) is 9.78 Å². The van der Waals surface area contributed by atoms with E-state index in [-0.39, 0.29) is 11.3 Å². The number of methoxy groups -OCH3 is 2. The minimum absolute atomic E-state index is 0.0377. The molecule has 9 heteroatoms. The zero-order valence-electron chi connectivity index (χ0n) is 16.8. The third kappa shape index (κ3) is 3.93. The number of nitrogens with zero attached hydrogens (tertiary/aromatic N) is 2. The number of benzene rings is 2. The Hall–Kier alpha value is -4.27. The number of ether oxygens (including phenoxy) is 2. The molecule has 0 radical (unpaired) electrons. The first kappa shape index (κ1) is 20.0. The molecule has 0 saturated heterocycles. The average molecular weight is 420 g/mol. The molecule has 1 aliphatic rings. The van der Waals surface area contributed by atoms with Gasteiger partial charge >= 0.3 is 5.97 Å². The van der Waals surface area contributed by atoms with E-state index in [0.717, 1.165) is 5.56 Å². The second-order valence-corrected chi connectivity index (χ2v) is 6.77. The largest absolute Gasteiger partial charge is 0.497 e. The SMILES string of the molecule is COc1ccc(C2C=C(C(=O)O)Nc3c(C(=O)Nc4cccc(OC)c4)cnn32)cc1. The lowest BCUT2D eigenvalue weighted by molar-refractivity contribution is -0.132. The molecular formula is C22H20N4O5. The fourth-order valence-corrected chi connectivity index (χ4v) is 3.32. The number of fused-ring (bicyclic) bond motifs is 1. The van der Waals surface area contributed by atoms with E-state index < -0.39 is 17.9 Å². The Morgan fingerprint density at radius 2 is 1.84 bits per heavy atom. The molecule has 9 nitrogen and oxygen atoms in total. The quantitative estimate of drug-likeness (QED) is 0.561. The molecular weight excluding hydrogens is 400 g/mol. The maximum absolute atomic E-state index is 12.9. The normalized spacial score (nSPS) is 14.6. The maximum atomic E-state index is 12.9. The highest BCUT2D eigenvalue weighted by molar-refractivity contribution is 6.08. The number of aromatic nitrogens is 2. The van der Waals surface area contributed by atoms with Gasteiger partial charge in [0.05, 0.1) is 26.5 Å². The second-order valence-electron chi connectivity index (χ2n) is 6.77. The smallest absolute Gasteiger partial charge is 0.352 e. The van der Waals surface area contributed by atoms with Crippen LogP contribution in [0.25, 0.3) is 0 Å². The molecule has 2 heterocycles. The van der Waals surface area contributed by atoms with Crippen LogP contribution in [0.15, 0.2) is 66.5 Å². The van der Waals surface area contributed by atoms with Gasteiger partial charge in [-0.2, -0.15) is 5.10 Å². The number of allylic oxidation sites excluding steroid dienone is 1. The number of rotatable bonds is 6. The van der Waals surface area contributed by atoms with Crippen molar-refractivity contribution in [3.05, 3.63) is 77.6 Å². The van der Waals surface area contributed by atoms with Crippen LogP contribution in [0.1, 0.15) is 22.0 Å². The highest BCUT2D eigenvalue weighted by Crippen LogP contribution is 2.33. The van der Waals surface area contributed by atoms with Crippen LogP contribution < -0.4 is 20.1 Å². The monoisotopic (exact) mass is 420 g/mol. The summed E-state index contributed by atoms with van der Waals surface area (Å²) in [6.45, 7) is 0. The van der Waals surface area contributed by atoms with Crippen molar-refractivity contribution in [3.63, 3.8) is 0 Å². The van der Waals surface area contributed by atoms with Crippen molar-refractivity contribution in [3.8, 4) is 11.5 Å². The molecule has 158 valence electrons. The first-order valence-electron chi connectivity index (χ1n) is 9.39. The van der Waals surface area contributed by atoms with Crippen LogP contribution in [0.2, 0.25) is 0 Å². The molecule has 1 atom stereocenters. The van der Waals surface area contributed by atoms with Crippen molar-refractivity contribution in [2.45, 2.75) is 6.04 Å². The molecule has 3 N–H and O–H groups in total. The Bertz CT molecular complexity index is 1170. The van der Waals surface area contributed by atoms with Crippen molar-refractivity contribution in [1.29, 1.82) is 0 Å². The third-order valence-corrected chi connectivity index (χ3v) is 4.90. The summed E-state index contributed by atoms with van der Waals surface area (Å²) in [7, 11) is 3.11. The summed E-state index contributed by atoms with van der Waals surface area (Å²) in [5.74, 6) is 0.0103. The van der Waals surface area contributed by atoms with Gasteiger partial charge in [-0.3, -0.25) is 4.79 Å². The summed E-state index contributed by atoms with van der Waals surface area (Å²) in [4.78, 5) is 24.6. The maximum Gasteiger partial charge on any atom is 0.352 e. The zero-order chi connectivity index (χ0) is 22.0. The zero-order valence-corrected chi connectivity index (χ0v) is 16.8. The molecule has 31 heavy (non-hydrogen) atoms. The molecule has 0 saturated carbocycles. The fraction of sp³-hybridized carbons (Fsp3) is 0.136. The Kier molecular flexibility index (Phi) is 5.31. The van der Waals surface area contributed by atoms with Gasteiger partial charge in [0.25, 0.3) is 5.91 Å². The lowest BCUT2D eigenvalue weighted by atomic mass is 10.0. The number of carboxylic acids is 1. The van der Waals surface area contributed by atoms with Crippen molar-refractivity contribution in [2.75, 3.05) is 24.9 Å². The van der Waals surface area contributed by atoms with Crippen molar-refractivity contribution in [2.24, 2.45) is 0 Å². The number of carbonyl (C=O) groups is 2. The number of nitrogens with one attached hydrogen (secondary N) is 2. The van der Waals surface area contributed by atoms with E-state index in [4.69, 9.17) is 9.47 Å². The Labute approximate surface area is 177 Å². The van der Waals surface area contributed by atoms with E-state index in [1.807, 2.05) is 12.1 Å². The van der Waals surface area contributed by atoms with Gasteiger partial charge in [-0.05, 0) is 35.9 Å². The molecule has 1 aliphatic heterocycles. The van der Waals surface area contributed by atoms with Crippen molar-refractivity contribution < 1.29 is 24.2 Å². The summed E-state index contributed by atoms with van der Waals surface area (Å²) < 4.78 is 11.9. The van der Waals surface area contributed by atoms with Gasteiger partial charge < -0.3 is 25.2 Å². The summed E-state index contributed by atoms with van der Waals surface area (Å²) in [5, 5.41) is 19.5. The van der Waals surface area contributed by atoms with Gasteiger partial charge in [-0.1, -0.05) is 18.2 Å². The van der Waals surface area contributed by atoms with Crippen LogP contribution in [-0.4, -0.2) is 41.0 Å². The average Bonchev–Trinajstić information content (AvgIpc) is 3.23. The lowest BCUT2D eigenvalue weighted by Crippen LogP contribution is -2.25. The number of hydrogen-bond donors (Lipinski definition) is 3. The molecule has 0 bridgehead atoms. The summed E-state index contributed by atoms with van der Waals surface area (Å²) >= 11 is 0. The first-order chi connectivity index (χ1) is 15.0. The van der Waals surface area contributed by atoms with Gasteiger partial charge in [0, 0.05) is 11.8 Å². The van der Waals surface area contributed by atoms with E-state index in [0.29, 0.717) is 23.0 Å².